The van der Waals surface area contributed by atoms with E-state index in [1.165, 1.54) is 18.2 Å². The normalized spacial score (nSPS) is 12.2. The minimum absolute atomic E-state index is 0.0182. The molecule has 1 rings (SSSR count). The first-order valence-corrected chi connectivity index (χ1v) is 6.65. The number of nitrogens with zero attached hydrogens (tertiary/aromatic N) is 2. The number of rotatable bonds is 8. The van der Waals surface area contributed by atoms with Crippen molar-refractivity contribution in [2.24, 2.45) is 16.0 Å². The number of nitrogens with two attached hydrogens (primary N) is 1. The summed E-state index contributed by atoms with van der Waals surface area (Å²) >= 11 is 4.67. The Kier molecular flexibility index (Phi) is 6.39. The van der Waals surface area contributed by atoms with Gasteiger partial charge in [-0.25, -0.2) is 9.59 Å². The number of carboxylic acids is 2. The molecule has 0 saturated carbocycles. The van der Waals surface area contributed by atoms with Gasteiger partial charge in [-0.05, 0) is 24.1 Å². The predicted octanol–water partition coefficient (Wildman–Crippen LogP) is 1.56. The Morgan fingerprint density at radius 1 is 1.32 bits per heavy atom. The number of azo groups is 1. The van der Waals surface area contributed by atoms with Crippen LogP contribution in [0.3, 0.4) is 0 Å². The van der Waals surface area contributed by atoms with Crippen LogP contribution in [-0.2, 0) is 11.3 Å². The molecule has 0 heterocycles. The molecular weight excluding hydrogens is 310 g/mol. The summed E-state index contributed by atoms with van der Waals surface area (Å²) in [4.78, 5) is 21.9. The third-order valence-electron chi connectivity index (χ3n) is 2.72. The maximum absolute atomic E-state index is 11.0. The highest BCUT2D eigenvalue weighted by atomic mass is 32.1. The van der Waals surface area contributed by atoms with E-state index in [-0.39, 0.29) is 35.7 Å². The number of phenols is 1. The van der Waals surface area contributed by atoms with Crippen LogP contribution in [0.5, 0.6) is 5.75 Å². The SMILES string of the molecule is NC(=S)CCC(N=NCc1ccc(C(=O)O)c(O)c1)C(=O)O. The smallest absolute Gasteiger partial charge is 0.339 e. The average Bonchev–Trinajstić information content (AvgIpc) is 2.41. The lowest BCUT2D eigenvalue weighted by atomic mass is 10.1. The Balaban J connectivity index is 2.70. The molecule has 0 bridgehead atoms. The quantitative estimate of drug-likeness (QED) is 0.419. The molecule has 0 aliphatic carbocycles. The van der Waals surface area contributed by atoms with Crippen LogP contribution in [0.2, 0.25) is 0 Å². The van der Waals surface area contributed by atoms with Gasteiger partial charge in [-0.1, -0.05) is 18.3 Å². The number of carboxylic acid groups (broad SMARTS) is 2. The molecule has 0 spiro atoms. The first-order valence-electron chi connectivity index (χ1n) is 6.24. The van der Waals surface area contributed by atoms with Gasteiger partial charge >= 0.3 is 11.9 Å². The highest BCUT2D eigenvalue weighted by Crippen LogP contribution is 2.19. The molecule has 0 amide bonds. The number of aromatic carboxylic acids is 1. The Morgan fingerprint density at radius 3 is 2.50 bits per heavy atom. The second-order valence-corrected chi connectivity index (χ2v) is 4.96. The van der Waals surface area contributed by atoms with Crippen molar-refractivity contribution in [2.75, 3.05) is 0 Å². The lowest BCUT2D eigenvalue weighted by molar-refractivity contribution is -0.138. The standard InChI is InChI=1S/C13H15N3O5S/c14-11(22)4-3-9(13(20)21)16-15-6-7-1-2-8(12(18)19)10(17)5-7/h1-2,5,9,17H,3-4,6H2,(H2,14,22)(H,18,19)(H,20,21). The minimum Gasteiger partial charge on any atom is -0.507 e. The lowest BCUT2D eigenvalue weighted by Crippen LogP contribution is -2.20. The van der Waals surface area contributed by atoms with E-state index in [1.54, 1.807) is 0 Å². The largest absolute Gasteiger partial charge is 0.507 e. The zero-order chi connectivity index (χ0) is 16.7. The van der Waals surface area contributed by atoms with Gasteiger partial charge in [0.05, 0.1) is 11.5 Å². The number of benzene rings is 1. The van der Waals surface area contributed by atoms with E-state index in [9.17, 15) is 14.7 Å². The van der Waals surface area contributed by atoms with Crippen molar-refractivity contribution in [2.45, 2.75) is 25.4 Å². The predicted molar refractivity (Wildman–Crippen MR) is 81.1 cm³/mol. The number of hydrogen-bond donors (Lipinski definition) is 4. The molecule has 1 atom stereocenters. The highest BCUT2D eigenvalue weighted by Gasteiger charge is 2.16. The van der Waals surface area contributed by atoms with Crippen molar-refractivity contribution in [1.82, 2.24) is 0 Å². The monoisotopic (exact) mass is 325 g/mol. The van der Waals surface area contributed by atoms with Crippen molar-refractivity contribution in [1.29, 1.82) is 0 Å². The molecule has 5 N–H and O–H groups in total. The van der Waals surface area contributed by atoms with Crippen LogP contribution in [-0.4, -0.2) is 38.3 Å². The molecule has 118 valence electrons. The van der Waals surface area contributed by atoms with Crippen molar-refractivity contribution >= 4 is 29.1 Å². The van der Waals surface area contributed by atoms with E-state index >= 15 is 0 Å². The molecule has 0 fully saturated rings. The van der Waals surface area contributed by atoms with Crippen molar-refractivity contribution in [3.63, 3.8) is 0 Å². The molecular formula is C13H15N3O5S. The van der Waals surface area contributed by atoms with Crippen molar-refractivity contribution in [3.8, 4) is 5.75 Å². The molecule has 0 radical (unpaired) electrons. The summed E-state index contributed by atoms with van der Waals surface area (Å²) in [6.45, 7) is 0.0182. The second-order valence-electron chi connectivity index (χ2n) is 4.43. The van der Waals surface area contributed by atoms with Crippen molar-refractivity contribution in [3.05, 3.63) is 29.3 Å². The Hall–Kier alpha value is -2.55. The van der Waals surface area contributed by atoms with E-state index in [0.29, 0.717) is 5.56 Å². The van der Waals surface area contributed by atoms with Gasteiger partial charge in [0.2, 0.25) is 0 Å². The summed E-state index contributed by atoms with van der Waals surface area (Å²) in [6, 6.07) is 2.90. The van der Waals surface area contributed by atoms with Crippen LogP contribution >= 0.6 is 12.2 Å². The van der Waals surface area contributed by atoms with Gasteiger partial charge in [0.15, 0.2) is 6.04 Å². The van der Waals surface area contributed by atoms with E-state index in [4.69, 9.17) is 15.9 Å². The molecule has 0 aliphatic heterocycles. The van der Waals surface area contributed by atoms with Gasteiger partial charge in [-0.3, -0.25) is 0 Å². The van der Waals surface area contributed by atoms with E-state index in [2.05, 4.69) is 22.4 Å². The summed E-state index contributed by atoms with van der Waals surface area (Å²) in [5, 5.41) is 34.7. The van der Waals surface area contributed by atoms with Crippen molar-refractivity contribution < 1.29 is 24.9 Å². The molecule has 0 aromatic heterocycles. The highest BCUT2D eigenvalue weighted by molar-refractivity contribution is 7.80. The zero-order valence-corrected chi connectivity index (χ0v) is 12.3. The Labute approximate surface area is 131 Å². The van der Waals surface area contributed by atoms with Gasteiger partial charge in [-0.2, -0.15) is 10.2 Å². The molecule has 1 unspecified atom stereocenters. The summed E-state index contributed by atoms with van der Waals surface area (Å²) in [5.74, 6) is -2.76. The second kappa shape index (κ2) is 8.03. The number of aromatic hydroxyl groups is 1. The van der Waals surface area contributed by atoms with Crippen LogP contribution in [0, 0.1) is 0 Å². The fraction of sp³-hybridized carbons (Fsp3) is 0.308. The van der Waals surface area contributed by atoms with E-state index < -0.39 is 18.0 Å². The summed E-state index contributed by atoms with van der Waals surface area (Å²) in [5.41, 5.74) is 5.59. The molecule has 22 heavy (non-hydrogen) atoms. The zero-order valence-electron chi connectivity index (χ0n) is 11.5. The molecule has 0 saturated heterocycles. The van der Waals surface area contributed by atoms with Crippen LogP contribution in [0.4, 0.5) is 0 Å². The first-order chi connectivity index (χ1) is 10.3. The number of carbonyl (C=O) groups is 2. The van der Waals surface area contributed by atoms with E-state index in [1.807, 2.05) is 0 Å². The lowest BCUT2D eigenvalue weighted by Gasteiger charge is -2.05. The fourth-order valence-electron chi connectivity index (χ4n) is 1.59. The molecule has 0 aliphatic rings. The van der Waals surface area contributed by atoms with E-state index in [0.717, 1.165) is 0 Å². The maximum Gasteiger partial charge on any atom is 0.339 e. The average molecular weight is 325 g/mol. The van der Waals surface area contributed by atoms with Gasteiger partial charge < -0.3 is 21.1 Å². The van der Waals surface area contributed by atoms with Crippen LogP contribution < -0.4 is 5.73 Å². The third-order valence-corrected chi connectivity index (χ3v) is 2.92. The Morgan fingerprint density at radius 2 is 2.00 bits per heavy atom. The van der Waals surface area contributed by atoms with Crippen LogP contribution in [0.15, 0.2) is 28.4 Å². The maximum atomic E-state index is 11.0. The minimum atomic E-state index is -1.24. The van der Waals surface area contributed by atoms with Gasteiger partial charge in [-0.15, -0.1) is 0 Å². The molecule has 1 aromatic carbocycles. The number of aliphatic carboxylic acids is 1. The molecule has 1 aromatic rings. The van der Waals surface area contributed by atoms with Gasteiger partial charge in [0.25, 0.3) is 0 Å². The molecule has 8 nitrogen and oxygen atoms in total. The fourth-order valence-corrected chi connectivity index (χ4v) is 1.70. The summed E-state index contributed by atoms with van der Waals surface area (Å²) in [6.07, 6.45) is 0.400. The van der Waals surface area contributed by atoms with Crippen LogP contribution in [0.1, 0.15) is 28.8 Å². The number of hydrogen-bond acceptors (Lipinski definition) is 6. The summed E-state index contributed by atoms with van der Waals surface area (Å²) < 4.78 is 0. The first kappa shape index (κ1) is 17.5. The molecule has 9 heteroatoms. The third kappa shape index (κ3) is 5.44. The number of thiocarbonyl (C=S) groups is 1. The van der Waals surface area contributed by atoms with Crippen LogP contribution in [0.25, 0.3) is 0 Å². The Bertz CT molecular complexity index is 618. The topological polar surface area (TPSA) is 146 Å². The van der Waals surface area contributed by atoms with Gasteiger partial charge in [0, 0.05) is 6.42 Å². The van der Waals surface area contributed by atoms with Gasteiger partial charge in [0.1, 0.15) is 11.3 Å². The summed E-state index contributed by atoms with van der Waals surface area (Å²) in [7, 11) is 0.